The summed E-state index contributed by atoms with van der Waals surface area (Å²) >= 11 is 0. The van der Waals surface area contributed by atoms with Gasteiger partial charge in [0.05, 0.1) is 31.5 Å². The lowest BCUT2D eigenvalue weighted by atomic mass is 9.43. The molecule has 43 heavy (non-hydrogen) atoms. The van der Waals surface area contributed by atoms with E-state index in [2.05, 4.69) is 27.7 Å². The van der Waals surface area contributed by atoms with E-state index in [0.29, 0.717) is 43.1 Å². The first-order valence-electron chi connectivity index (χ1n) is 17.0. The monoisotopic (exact) mass is 610 g/mol. The summed E-state index contributed by atoms with van der Waals surface area (Å²) in [6.45, 7) is 9.23. The van der Waals surface area contributed by atoms with Crippen LogP contribution in [0.15, 0.2) is 0 Å². The van der Waals surface area contributed by atoms with Gasteiger partial charge in [0.1, 0.15) is 30.5 Å². The van der Waals surface area contributed by atoms with Crippen molar-refractivity contribution in [2.45, 2.75) is 140 Å². The van der Waals surface area contributed by atoms with Crippen molar-refractivity contribution in [3.8, 4) is 0 Å². The molecule has 4 aliphatic carbocycles. The summed E-state index contributed by atoms with van der Waals surface area (Å²) in [4.78, 5) is 0. The molecule has 0 bridgehead atoms. The molecule has 0 radical (unpaired) electrons. The second-order valence-corrected chi connectivity index (χ2v) is 16.2. The molecule has 3 aliphatic heterocycles. The highest BCUT2D eigenvalue weighted by Gasteiger charge is 2.71. The Morgan fingerprint density at radius 3 is 2.28 bits per heavy atom. The van der Waals surface area contributed by atoms with Crippen molar-refractivity contribution in [2.24, 2.45) is 52.3 Å². The lowest BCUT2D eigenvalue weighted by Crippen LogP contribution is -2.63. The molecule has 7 aliphatic rings. The first kappa shape index (κ1) is 31.2. The zero-order chi connectivity index (χ0) is 30.6. The highest BCUT2D eigenvalue weighted by molar-refractivity contribution is 5.17. The molecule has 6 N–H and O–H groups in total. The maximum Gasteiger partial charge on any atom is 0.197 e. The summed E-state index contributed by atoms with van der Waals surface area (Å²) in [5.74, 6) is 1.01. The van der Waals surface area contributed by atoms with Crippen LogP contribution in [0.5, 0.6) is 0 Å². The fourth-order valence-electron chi connectivity index (χ4n) is 11.9. The number of hydrogen-bond acceptors (Lipinski definition) is 10. The molecule has 1 spiro atoms. The predicted molar refractivity (Wildman–Crippen MR) is 153 cm³/mol. The Hall–Kier alpha value is -0.400. The van der Waals surface area contributed by atoms with Crippen LogP contribution < -0.4 is 0 Å². The normalized spacial score (nSPS) is 61.5. The van der Waals surface area contributed by atoms with Gasteiger partial charge in [0, 0.05) is 5.92 Å². The molecule has 0 aromatic rings. The summed E-state index contributed by atoms with van der Waals surface area (Å²) < 4.78 is 25.6. The lowest BCUT2D eigenvalue weighted by Gasteiger charge is -2.63. The number of hydrogen-bond donors (Lipinski definition) is 6. The molecule has 0 aromatic carbocycles. The van der Waals surface area contributed by atoms with Gasteiger partial charge in [-0.1, -0.05) is 27.7 Å². The number of rotatable bonds is 3. The minimum absolute atomic E-state index is 0.0198. The Bertz CT molecular complexity index is 1040. The van der Waals surface area contributed by atoms with Crippen LogP contribution in [-0.4, -0.2) is 105 Å². The minimum Gasteiger partial charge on any atom is -0.394 e. The van der Waals surface area contributed by atoms with Gasteiger partial charge in [0.2, 0.25) is 0 Å². The Morgan fingerprint density at radius 1 is 0.814 bits per heavy atom. The molecule has 4 saturated carbocycles. The smallest absolute Gasteiger partial charge is 0.197 e. The second-order valence-electron chi connectivity index (χ2n) is 16.2. The van der Waals surface area contributed by atoms with Gasteiger partial charge in [-0.25, -0.2) is 0 Å². The molecular formula is C33H54O10. The van der Waals surface area contributed by atoms with Crippen molar-refractivity contribution in [1.29, 1.82) is 0 Å². The first-order chi connectivity index (χ1) is 20.3. The highest BCUT2D eigenvalue weighted by Crippen LogP contribution is 2.71. The SMILES string of the molecule is C[C@H]1CO[C@@]2(O[C@H]3C[C@@H]4[C@@H]5C[C@H](O[C@@H]6O[C@H](CO)[C@@H](O)[C@H](O)[C@H]6O)[C@H]6C[C@@H](O)CC[C@]6(C)[C@H]5CC[C@]4(C)[C@H]3[C@@H]2C)[C@@H](O)C1. The van der Waals surface area contributed by atoms with Crippen LogP contribution in [-0.2, 0) is 18.9 Å². The molecule has 10 nitrogen and oxygen atoms in total. The molecular weight excluding hydrogens is 556 g/mol. The summed E-state index contributed by atoms with van der Waals surface area (Å²) in [5, 5.41) is 63.4. The third-order valence-electron chi connectivity index (χ3n) is 14.1. The summed E-state index contributed by atoms with van der Waals surface area (Å²) in [6, 6.07) is 0. The van der Waals surface area contributed by atoms with Crippen LogP contribution in [0.3, 0.4) is 0 Å². The van der Waals surface area contributed by atoms with E-state index in [1.54, 1.807) is 0 Å². The predicted octanol–water partition coefficient (Wildman–Crippen LogP) is 1.56. The molecule has 0 aromatic heterocycles. The number of aliphatic hydroxyl groups is 6. The van der Waals surface area contributed by atoms with Crippen molar-refractivity contribution >= 4 is 0 Å². The molecule has 7 fully saturated rings. The molecule has 246 valence electrons. The van der Waals surface area contributed by atoms with E-state index in [0.717, 1.165) is 38.5 Å². The molecule has 0 unspecified atom stereocenters. The van der Waals surface area contributed by atoms with Crippen molar-refractivity contribution in [3.05, 3.63) is 0 Å². The fourth-order valence-corrected chi connectivity index (χ4v) is 11.9. The Balaban J connectivity index is 1.17. The third kappa shape index (κ3) is 4.49. The first-order valence-corrected chi connectivity index (χ1v) is 17.0. The maximum absolute atomic E-state index is 11.2. The van der Waals surface area contributed by atoms with Crippen LogP contribution >= 0.6 is 0 Å². The lowest BCUT2D eigenvalue weighted by molar-refractivity contribution is -0.329. The van der Waals surface area contributed by atoms with Gasteiger partial charge in [-0.3, -0.25) is 0 Å². The van der Waals surface area contributed by atoms with E-state index in [-0.39, 0.29) is 40.8 Å². The van der Waals surface area contributed by atoms with E-state index in [1.165, 1.54) is 0 Å². The molecule has 3 heterocycles. The largest absolute Gasteiger partial charge is 0.394 e. The fraction of sp³-hybridized carbons (Fsp3) is 1.00. The molecule has 10 heteroatoms. The van der Waals surface area contributed by atoms with Gasteiger partial charge in [0.25, 0.3) is 0 Å². The average molecular weight is 611 g/mol. The van der Waals surface area contributed by atoms with E-state index in [1.807, 2.05) is 0 Å². The Labute approximate surface area is 255 Å². The van der Waals surface area contributed by atoms with Gasteiger partial charge in [-0.05, 0) is 97.7 Å². The topological polar surface area (TPSA) is 158 Å². The van der Waals surface area contributed by atoms with Crippen molar-refractivity contribution in [2.75, 3.05) is 13.2 Å². The zero-order valence-corrected chi connectivity index (χ0v) is 26.1. The molecule has 3 saturated heterocycles. The van der Waals surface area contributed by atoms with E-state index in [9.17, 15) is 30.6 Å². The zero-order valence-electron chi connectivity index (χ0n) is 26.1. The number of fused-ring (bicyclic) bond motifs is 7. The van der Waals surface area contributed by atoms with Gasteiger partial charge < -0.3 is 49.6 Å². The van der Waals surface area contributed by atoms with Crippen molar-refractivity contribution in [1.82, 2.24) is 0 Å². The van der Waals surface area contributed by atoms with Crippen LogP contribution in [0.1, 0.15) is 79.1 Å². The molecule has 7 rings (SSSR count). The van der Waals surface area contributed by atoms with Crippen molar-refractivity contribution < 1.29 is 49.6 Å². The van der Waals surface area contributed by atoms with Gasteiger partial charge in [-0.15, -0.1) is 0 Å². The van der Waals surface area contributed by atoms with Gasteiger partial charge >= 0.3 is 0 Å². The van der Waals surface area contributed by atoms with E-state index < -0.39 is 55.3 Å². The van der Waals surface area contributed by atoms with Crippen molar-refractivity contribution in [3.63, 3.8) is 0 Å². The highest BCUT2D eigenvalue weighted by atomic mass is 16.7. The maximum atomic E-state index is 11.2. The van der Waals surface area contributed by atoms with Crippen LogP contribution in [0, 0.1) is 52.3 Å². The number of ether oxygens (including phenoxy) is 4. The summed E-state index contributed by atoms with van der Waals surface area (Å²) in [7, 11) is 0. The average Bonchev–Trinajstić information content (AvgIpc) is 3.42. The Kier molecular flexibility index (Phi) is 7.86. The molecule has 0 amide bonds. The van der Waals surface area contributed by atoms with Crippen LogP contribution in [0.2, 0.25) is 0 Å². The quantitative estimate of drug-likeness (QED) is 0.259. The summed E-state index contributed by atoms with van der Waals surface area (Å²) in [5.41, 5.74) is -0.0432. The third-order valence-corrected chi connectivity index (χ3v) is 14.1. The van der Waals surface area contributed by atoms with E-state index >= 15 is 0 Å². The van der Waals surface area contributed by atoms with E-state index in [4.69, 9.17) is 18.9 Å². The van der Waals surface area contributed by atoms with Crippen LogP contribution in [0.25, 0.3) is 0 Å². The van der Waals surface area contributed by atoms with Crippen LogP contribution in [0.4, 0.5) is 0 Å². The molecule has 19 atom stereocenters. The number of aliphatic hydroxyl groups excluding tert-OH is 6. The Morgan fingerprint density at radius 2 is 1.56 bits per heavy atom. The standard InChI is InChI=1S/C33H54O10/c1-15-9-25(36)33(40-14-15)16(2)26-23(43-33)12-20-18-11-22(41-30-29(39)28(38)27(37)24(13-34)42-30)21-10-17(35)5-7-31(21,3)19(18)6-8-32(20,26)4/h15-30,34-39H,5-14H2,1-4H3/t15-,16+,17+,18-,19+,20-,21-,22+,23+,24-,25+,26+,27-,28+,29-,30-,31-,32+,33+/m1/s1. The van der Waals surface area contributed by atoms with Gasteiger partial charge in [0.15, 0.2) is 12.1 Å². The second kappa shape index (κ2) is 10.8. The minimum atomic E-state index is -1.49. The van der Waals surface area contributed by atoms with Gasteiger partial charge in [-0.2, -0.15) is 0 Å². The summed E-state index contributed by atoms with van der Waals surface area (Å²) in [6.07, 6.45) is -1.11.